The first-order valence-electron chi connectivity index (χ1n) is 10.2. The maximum Gasteiger partial charge on any atom is 0.0889 e. The summed E-state index contributed by atoms with van der Waals surface area (Å²) in [6, 6.07) is 15.4. The summed E-state index contributed by atoms with van der Waals surface area (Å²) in [5, 5.41) is 2.72. The summed E-state index contributed by atoms with van der Waals surface area (Å²) in [5.41, 5.74) is 1.64. The Balaban J connectivity index is 1.74. The fraction of sp³-hybridized carbons (Fsp3) is 0.583. The number of fused-ring (bicyclic) bond motifs is 1. The van der Waals surface area contributed by atoms with Crippen molar-refractivity contribution in [3.63, 3.8) is 0 Å². The molecule has 0 aliphatic heterocycles. The highest BCUT2D eigenvalue weighted by Gasteiger charge is 2.44. The van der Waals surface area contributed by atoms with Gasteiger partial charge in [-0.25, -0.2) is 0 Å². The first kappa shape index (κ1) is 19.4. The Kier molecular flexibility index (Phi) is 6.37. The van der Waals surface area contributed by atoms with E-state index in [1.807, 2.05) is 7.11 Å². The molecule has 3 atom stereocenters. The fourth-order valence-corrected chi connectivity index (χ4v) is 4.60. The monoisotopic (exact) mass is 354 g/mol. The minimum atomic E-state index is 0.186. The van der Waals surface area contributed by atoms with Crippen LogP contribution in [0.1, 0.15) is 52.0 Å². The lowest BCUT2D eigenvalue weighted by molar-refractivity contribution is -0.155. The van der Waals surface area contributed by atoms with Crippen LogP contribution in [-0.4, -0.2) is 25.9 Å². The van der Waals surface area contributed by atoms with Crippen molar-refractivity contribution in [2.24, 2.45) is 11.3 Å². The van der Waals surface area contributed by atoms with Crippen molar-refractivity contribution in [2.75, 3.05) is 13.7 Å². The van der Waals surface area contributed by atoms with E-state index in [1.165, 1.54) is 29.2 Å². The lowest BCUT2D eigenvalue weighted by Crippen LogP contribution is -2.50. The van der Waals surface area contributed by atoms with Gasteiger partial charge in [0.15, 0.2) is 0 Å². The number of hydrogen-bond acceptors (Lipinski definition) is 2. The lowest BCUT2D eigenvalue weighted by Gasteiger charge is -2.47. The van der Waals surface area contributed by atoms with Crippen LogP contribution in [-0.2, 0) is 15.9 Å². The number of benzene rings is 2. The molecule has 1 saturated carbocycles. The van der Waals surface area contributed by atoms with E-state index in [9.17, 15) is 0 Å². The van der Waals surface area contributed by atoms with Gasteiger partial charge in [0.1, 0.15) is 0 Å². The van der Waals surface area contributed by atoms with Crippen LogP contribution in [0.15, 0.2) is 42.5 Å². The standard InChI is InChI=1S/C24H34O2/c1-5-17-26-23-22(25-4)20(15-16-24(23,2)3)14-13-19-11-8-10-18-9-6-7-12-21(18)19/h6-12,20,22-23H,5,13-17H2,1-4H3. The van der Waals surface area contributed by atoms with Gasteiger partial charge in [0.2, 0.25) is 0 Å². The molecule has 1 aliphatic carbocycles. The van der Waals surface area contributed by atoms with Crippen LogP contribution in [0.25, 0.3) is 10.8 Å². The first-order valence-corrected chi connectivity index (χ1v) is 10.2. The molecule has 0 radical (unpaired) electrons. The van der Waals surface area contributed by atoms with E-state index >= 15 is 0 Å². The molecule has 26 heavy (non-hydrogen) atoms. The van der Waals surface area contributed by atoms with E-state index in [4.69, 9.17) is 9.47 Å². The Morgan fingerprint density at radius 2 is 1.85 bits per heavy atom. The van der Waals surface area contributed by atoms with E-state index in [0.29, 0.717) is 5.92 Å². The first-order chi connectivity index (χ1) is 12.6. The molecule has 3 rings (SSSR count). The summed E-state index contributed by atoms with van der Waals surface area (Å²) in [4.78, 5) is 0. The van der Waals surface area contributed by atoms with Crippen molar-refractivity contribution >= 4 is 10.8 Å². The molecule has 0 N–H and O–H groups in total. The van der Waals surface area contributed by atoms with Gasteiger partial charge in [0.25, 0.3) is 0 Å². The van der Waals surface area contributed by atoms with Crippen molar-refractivity contribution in [2.45, 2.75) is 65.1 Å². The predicted octanol–water partition coefficient (Wildman–Crippen LogP) is 6.02. The third kappa shape index (κ3) is 4.13. The van der Waals surface area contributed by atoms with E-state index in [-0.39, 0.29) is 17.6 Å². The van der Waals surface area contributed by atoms with Crippen LogP contribution in [0.5, 0.6) is 0 Å². The van der Waals surface area contributed by atoms with Gasteiger partial charge in [0.05, 0.1) is 12.2 Å². The fourth-order valence-electron chi connectivity index (χ4n) is 4.60. The molecule has 0 spiro atoms. The molecule has 2 heteroatoms. The minimum absolute atomic E-state index is 0.186. The maximum absolute atomic E-state index is 6.28. The Hall–Kier alpha value is -1.38. The molecule has 1 fully saturated rings. The van der Waals surface area contributed by atoms with Gasteiger partial charge in [-0.05, 0) is 59.8 Å². The zero-order valence-electron chi connectivity index (χ0n) is 16.8. The van der Waals surface area contributed by atoms with Crippen molar-refractivity contribution in [3.05, 3.63) is 48.0 Å². The molecule has 0 heterocycles. The smallest absolute Gasteiger partial charge is 0.0889 e. The van der Waals surface area contributed by atoms with Crippen LogP contribution in [0, 0.1) is 11.3 Å². The average molecular weight is 355 g/mol. The summed E-state index contributed by atoms with van der Waals surface area (Å²) in [5.74, 6) is 0.564. The molecule has 142 valence electrons. The Bertz CT molecular complexity index is 701. The summed E-state index contributed by atoms with van der Waals surface area (Å²) < 4.78 is 12.3. The van der Waals surface area contributed by atoms with Gasteiger partial charge in [-0.2, -0.15) is 0 Å². The van der Waals surface area contributed by atoms with Crippen LogP contribution >= 0.6 is 0 Å². The van der Waals surface area contributed by atoms with Crippen molar-refractivity contribution in [3.8, 4) is 0 Å². The maximum atomic E-state index is 6.28. The summed E-state index contributed by atoms with van der Waals surface area (Å²) >= 11 is 0. The molecule has 0 bridgehead atoms. The van der Waals surface area contributed by atoms with Crippen molar-refractivity contribution < 1.29 is 9.47 Å². The predicted molar refractivity (Wildman–Crippen MR) is 110 cm³/mol. The molecule has 0 aromatic heterocycles. The van der Waals surface area contributed by atoms with E-state index in [1.54, 1.807) is 0 Å². The summed E-state index contributed by atoms with van der Waals surface area (Å²) in [6.07, 6.45) is 6.15. The van der Waals surface area contributed by atoms with Gasteiger partial charge < -0.3 is 9.47 Å². The largest absolute Gasteiger partial charge is 0.378 e. The van der Waals surface area contributed by atoms with Gasteiger partial charge in [-0.1, -0.05) is 63.2 Å². The summed E-state index contributed by atoms with van der Waals surface area (Å²) in [6.45, 7) is 7.67. The van der Waals surface area contributed by atoms with Crippen molar-refractivity contribution in [1.29, 1.82) is 0 Å². The number of ether oxygens (including phenoxy) is 2. The zero-order chi connectivity index (χ0) is 18.6. The Morgan fingerprint density at radius 3 is 2.62 bits per heavy atom. The molecule has 0 amide bonds. The second-order valence-corrected chi connectivity index (χ2v) is 8.46. The molecule has 0 saturated heterocycles. The molecule has 3 unspecified atom stereocenters. The molecular formula is C24H34O2. The third-order valence-corrected chi connectivity index (χ3v) is 6.13. The molecular weight excluding hydrogens is 320 g/mol. The summed E-state index contributed by atoms with van der Waals surface area (Å²) in [7, 11) is 1.86. The van der Waals surface area contributed by atoms with Crippen LogP contribution in [0.3, 0.4) is 0 Å². The number of hydrogen-bond donors (Lipinski definition) is 0. The van der Waals surface area contributed by atoms with Gasteiger partial charge in [-0.3, -0.25) is 0 Å². The van der Waals surface area contributed by atoms with E-state index in [0.717, 1.165) is 25.9 Å². The molecule has 2 aromatic carbocycles. The van der Waals surface area contributed by atoms with Crippen molar-refractivity contribution in [1.82, 2.24) is 0 Å². The van der Waals surface area contributed by atoms with E-state index in [2.05, 4.69) is 63.2 Å². The topological polar surface area (TPSA) is 18.5 Å². The number of rotatable bonds is 7. The SMILES string of the molecule is CCCOC1C(OC)C(CCc2cccc3ccccc23)CCC1(C)C. The quantitative estimate of drug-likeness (QED) is 0.605. The Labute approximate surface area is 158 Å². The van der Waals surface area contributed by atoms with Crippen LogP contribution in [0.2, 0.25) is 0 Å². The van der Waals surface area contributed by atoms with Crippen LogP contribution in [0.4, 0.5) is 0 Å². The highest BCUT2D eigenvalue weighted by Crippen LogP contribution is 2.43. The second-order valence-electron chi connectivity index (χ2n) is 8.46. The van der Waals surface area contributed by atoms with Gasteiger partial charge in [-0.15, -0.1) is 0 Å². The third-order valence-electron chi connectivity index (χ3n) is 6.13. The van der Waals surface area contributed by atoms with Gasteiger partial charge in [0, 0.05) is 13.7 Å². The normalized spacial score (nSPS) is 25.5. The number of aryl methyl sites for hydroxylation is 1. The molecule has 2 nitrogen and oxygen atoms in total. The Morgan fingerprint density at radius 1 is 1.08 bits per heavy atom. The van der Waals surface area contributed by atoms with Crippen LogP contribution < -0.4 is 0 Å². The second kappa shape index (κ2) is 8.54. The lowest BCUT2D eigenvalue weighted by atomic mass is 9.67. The highest BCUT2D eigenvalue weighted by molar-refractivity contribution is 5.85. The van der Waals surface area contributed by atoms with E-state index < -0.39 is 0 Å². The highest BCUT2D eigenvalue weighted by atomic mass is 16.5. The molecule has 2 aromatic rings. The average Bonchev–Trinajstić information content (AvgIpc) is 2.65. The zero-order valence-corrected chi connectivity index (χ0v) is 16.8. The molecule has 1 aliphatic rings. The minimum Gasteiger partial charge on any atom is -0.378 e. The van der Waals surface area contributed by atoms with Gasteiger partial charge >= 0.3 is 0 Å². The number of methoxy groups -OCH3 is 1.